The highest BCUT2D eigenvalue weighted by Gasteiger charge is 2.19. The average Bonchev–Trinajstić information content (AvgIpc) is 3.37. The van der Waals surface area contributed by atoms with E-state index in [0.29, 0.717) is 19.3 Å². The first-order valence-electron chi connectivity index (χ1n) is 30.8. The molecule has 0 aromatic carbocycles. The number of esters is 3. The van der Waals surface area contributed by atoms with Gasteiger partial charge in [0.1, 0.15) is 13.2 Å². The molecule has 1 atom stereocenters. The van der Waals surface area contributed by atoms with Crippen molar-refractivity contribution in [1.29, 1.82) is 0 Å². The minimum absolute atomic E-state index is 0.0746. The quantitative estimate of drug-likeness (QED) is 0.0261. The molecule has 0 fully saturated rings. The lowest BCUT2D eigenvalue weighted by atomic mass is 10.0. The fourth-order valence-electron chi connectivity index (χ4n) is 8.94. The van der Waals surface area contributed by atoms with E-state index in [9.17, 15) is 14.4 Å². The van der Waals surface area contributed by atoms with E-state index in [0.717, 1.165) is 96.3 Å². The Kier molecular flexibility index (Phi) is 57.2. The Hall–Kier alpha value is -2.89. The number of allylic oxidation sites excluding steroid dienone is 10. The van der Waals surface area contributed by atoms with Crippen LogP contribution in [-0.4, -0.2) is 37.2 Å². The van der Waals surface area contributed by atoms with E-state index in [1.807, 2.05) is 0 Å². The second-order valence-electron chi connectivity index (χ2n) is 20.6. The van der Waals surface area contributed by atoms with Crippen LogP contribution in [0.15, 0.2) is 60.8 Å². The molecule has 0 bridgehead atoms. The van der Waals surface area contributed by atoms with E-state index in [-0.39, 0.29) is 31.1 Å². The molecule has 0 radical (unpaired) electrons. The smallest absolute Gasteiger partial charge is 0.306 e. The summed E-state index contributed by atoms with van der Waals surface area (Å²) < 4.78 is 16.8. The van der Waals surface area contributed by atoms with Gasteiger partial charge in [-0.05, 0) is 64.2 Å². The van der Waals surface area contributed by atoms with E-state index in [2.05, 4.69) is 81.5 Å². The summed E-state index contributed by atoms with van der Waals surface area (Å²) in [6.45, 7) is 6.52. The fourth-order valence-corrected chi connectivity index (χ4v) is 8.94. The van der Waals surface area contributed by atoms with Crippen molar-refractivity contribution in [2.24, 2.45) is 0 Å². The Morgan fingerprint density at radius 3 is 0.859 bits per heavy atom. The molecule has 0 amide bonds. The summed E-state index contributed by atoms with van der Waals surface area (Å²) in [5, 5.41) is 0. The minimum atomic E-state index is -0.774. The molecule has 0 N–H and O–H groups in total. The molecular weight excluding hydrogens is 877 g/mol. The predicted octanol–water partition coefficient (Wildman–Crippen LogP) is 20.8. The molecule has 0 saturated carbocycles. The van der Waals surface area contributed by atoms with Gasteiger partial charge >= 0.3 is 17.9 Å². The van der Waals surface area contributed by atoms with Crippen molar-refractivity contribution >= 4 is 17.9 Å². The summed E-state index contributed by atoms with van der Waals surface area (Å²) in [6, 6.07) is 0. The maximum absolute atomic E-state index is 12.8. The van der Waals surface area contributed by atoms with Gasteiger partial charge in [0.25, 0.3) is 0 Å². The molecule has 71 heavy (non-hydrogen) atoms. The van der Waals surface area contributed by atoms with Crippen LogP contribution in [0.4, 0.5) is 0 Å². The highest BCUT2D eigenvalue weighted by Crippen LogP contribution is 2.17. The van der Waals surface area contributed by atoms with Crippen molar-refractivity contribution in [3.63, 3.8) is 0 Å². The first-order valence-corrected chi connectivity index (χ1v) is 30.8. The number of carbonyl (C=O) groups is 3. The average molecular weight is 994 g/mol. The number of rotatable bonds is 56. The van der Waals surface area contributed by atoms with E-state index in [1.54, 1.807) is 0 Å². The van der Waals surface area contributed by atoms with Gasteiger partial charge in [-0.2, -0.15) is 0 Å². The van der Waals surface area contributed by atoms with Gasteiger partial charge in [0, 0.05) is 19.3 Å². The van der Waals surface area contributed by atoms with Gasteiger partial charge < -0.3 is 14.2 Å². The lowest BCUT2D eigenvalue weighted by molar-refractivity contribution is -0.167. The second kappa shape index (κ2) is 59.7. The Labute approximate surface area is 440 Å². The van der Waals surface area contributed by atoms with Gasteiger partial charge in [-0.3, -0.25) is 14.4 Å². The number of unbranched alkanes of at least 4 members (excludes halogenated alkanes) is 35. The molecule has 6 heteroatoms. The Morgan fingerprint density at radius 2 is 0.549 bits per heavy atom. The summed E-state index contributed by atoms with van der Waals surface area (Å²) in [6.07, 6.45) is 75.3. The molecule has 412 valence electrons. The molecule has 0 spiro atoms. The number of hydrogen-bond acceptors (Lipinski definition) is 6. The lowest BCUT2D eigenvalue weighted by Crippen LogP contribution is -2.30. The van der Waals surface area contributed by atoms with Gasteiger partial charge in [-0.1, -0.05) is 293 Å². The van der Waals surface area contributed by atoms with E-state index >= 15 is 0 Å². The van der Waals surface area contributed by atoms with Gasteiger partial charge in [0.05, 0.1) is 0 Å². The standard InChI is InChI=1S/C65H116O6/c1-4-7-10-13-16-18-20-22-24-26-28-30-32-34-36-38-40-42-44-46-49-52-55-58-64(67)70-61-62(60-69-63(66)57-54-51-48-15-12-9-6-3)71-65(68)59-56-53-50-47-45-43-41-39-37-35-33-31-29-27-25-23-21-19-17-14-11-8-5-2/h7,10,16,18,22,24,28,30,34,36,62H,4-6,8-9,11-15,17,19-21,23,25-27,29,31-33,35,37-61H2,1-3H3/b10-7-,18-16-,24-22-,30-28-,36-34-. The van der Waals surface area contributed by atoms with Crippen molar-refractivity contribution in [2.75, 3.05) is 13.2 Å². The van der Waals surface area contributed by atoms with E-state index in [1.165, 1.54) is 180 Å². The number of hydrogen-bond donors (Lipinski definition) is 0. The molecular formula is C65H116O6. The van der Waals surface area contributed by atoms with Crippen LogP contribution in [0.2, 0.25) is 0 Å². The third kappa shape index (κ3) is 57.9. The topological polar surface area (TPSA) is 78.9 Å². The second-order valence-corrected chi connectivity index (χ2v) is 20.6. The molecule has 1 unspecified atom stereocenters. The van der Waals surface area contributed by atoms with Crippen molar-refractivity contribution in [2.45, 2.75) is 322 Å². The fraction of sp³-hybridized carbons (Fsp3) is 0.800. The lowest BCUT2D eigenvalue weighted by Gasteiger charge is -2.18. The highest BCUT2D eigenvalue weighted by molar-refractivity contribution is 5.71. The third-order valence-corrected chi connectivity index (χ3v) is 13.5. The zero-order valence-corrected chi connectivity index (χ0v) is 47.2. The number of ether oxygens (including phenoxy) is 3. The van der Waals surface area contributed by atoms with Crippen LogP contribution in [-0.2, 0) is 28.6 Å². The molecule has 0 aliphatic carbocycles. The zero-order chi connectivity index (χ0) is 51.4. The molecule has 0 saturated heterocycles. The monoisotopic (exact) mass is 993 g/mol. The predicted molar refractivity (Wildman–Crippen MR) is 307 cm³/mol. The summed E-state index contributed by atoms with van der Waals surface area (Å²) in [7, 11) is 0. The summed E-state index contributed by atoms with van der Waals surface area (Å²) in [4.78, 5) is 38.0. The van der Waals surface area contributed by atoms with Crippen LogP contribution in [0, 0.1) is 0 Å². The van der Waals surface area contributed by atoms with Crippen molar-refractivity contribution < 1.29 is 28.6 Å². The molecule has 0 aliphatic rings. The van der Waals surface area contributed by atoms with Gasteiger partial charge in [-0.25, -0.2) is 0 Å². The normalized spacial score (nSPS) is 12.4. The summed E-state index contributed by atoms with van der Waals surface area (Å²) in [5.74, 6) is -0.877. The van der Waals surface area contributed by atoms with Crippen LogP contribution in [0.1, 0.15) is 316 Å². The van der Waals surface area contributed by atoms with Crippen LogP contribution >= 0.6 is 0 Å². The molecule has 0 aromatic heterocycles. The Bertz CT molecular complexity index is 1280. The maximum atomic E-state index is 12.8. The van der Waals surface area contributed by atoms with Crippen LogP contribution in [0.25, 0.3) is 0 Å². The van der Waals surface area contributed by atoms with E-state index in [4.69, 9.17) is 14.2 Å². The number of carbonyl (C=O) groups excluding carboxylic acids is 3. The van der Waals surface area contributed by atoms with Gasteiger partial charge in [0.2, 0.25) is 0 Å². The van der Waals surface area contributed by atoms with Crippen LogP contribution in [0.3, 0.4) is 0 Å². The van der Waals surface area contributed by atoms with E-state index < -0.39 is 6.10 Å². The highest BCUT2D eigenvalue weighted by atomic mass is 16.6. The molecule has 0 aromatic rings. The van der Waals surface area contributed by atoms with Gasteiger partial charge in [-0.15, -0.1) is 0 Å². The Balaban J connectivity index is 4.15. The third-order valence-electron chi connectivity index (χ3n) is 13.5. The molecule has 0 rings (SSSR count). The summed E-state index contributed by atoms with van der Waals surface area (Å²) in [5.41, 5.74) is 0. The van der Waals surface area contributed by atoms with Crippen LogP contribution < -0.4 is 0 Å². The minimum Gasteiger partial charge on any atom is -0.462 e. The van der Waals surface area contributed by atoms with Crippen molar-refractivity contribution in [3.8, 4) is 0 Å². The SMILES string of the molecule is CC/C=C\C/C=C\C/C=C\C/C=C\C/C=C\CCCCCCCCCC(=O)OCC(COC(=O)CCCCCCCCC)OC(=O)CCCCCCCCCCCCCCCCCCCCCCCCC. The van der Waals surface area contributed by atoms with Crippen molar-refractivity contribution in [3.05, 3.63) is 60.8 Å². The maximum Gasteiger partial charge on any atom is 0.306 e. The van der Waals surface area contributed by atoms with Crippen LogP contribution in [0.5, 0.6) is 0 Å². The molecule has 0 aliphatic heterocycles. The first kappa shape index (κ1) is 68.1. The van der Waals surface area contributed by atoms with Crippen molar-refractivity contribution in [1.82, 2.24) is 0 Å². The summed E-state index contributed by atoms with van der Waals surface area (Å²) >= 11 is 0. The van der Waals surface area contributed by atoms with Gasteiger partial charge in [0.15, 0.2) is 6.10 Å². The molecule has 0 heterocycles. The largest absolute Gasteiger partial charge is 0.462 e. The molecule has 6 nitrogen and oxygen atoms in total. The zero-order valence-electron chi connectivity index (χ0n) is 47.2. The first-order chi connectivity index (χ1) is 35.0. The Morgan fingerprint density at radius 1 is 0.296 bits per heavy atom.